The Morgan fingerprint density at radius 3 is 2.90 bits per heavy atom. The van der Waals surface area contributed by atoms with E-state index in [2.05, 4.69) is 34.5 Å². The van der Waals surface area contributed by atoms with Crippen molar-refractivity contribution in [3.05, 3.63) is 29.7 Å². The average molecular weight is 415 g/mol. The molecule has 0 bridgehead atoms. The molecule has 0 aromatic carbocycles. The number of hydrogen-bond donors (Lipinski definition) is 2. The highest BCUT2D eigenvalue weighted by atomic mass is 16.6. The normalized spacial score (nSPS) is 23.0. The number of nitrogens with one attached hydrogen (secondary N) is 2. The Morgan fingerprint density at radius 1 is 1.37 bits per heavy atom. The van der Waals surface area contributed by atoms with Gasteiger partial charge in [0.15, 0.2) is 5.82 Å². The van der Waals surface area contributed by atoms with Gasteiger partial charge in [-0.15, -0.1) is 0 Å². The van der Waals surface area contributed by atoms with Gasteiger partial charge in [0.05, 0.1) is 12.1 Å². The molecule has 2 unspecified atom stereocenters. The fraction of sp³-hybridized carbons (Fsp3) is 0.619. The lowest BCUT2D eigenvalue weighted by molar-refractivity contribution is -0.115. The van der Waals surface area contributed by atoms with E-state index < -0.39 is 0 Å². The van der Waals surface area contributed by atoms with Crippen molar-refractivity contribution in [2.24, 2.45) is 7.05 Å². The second-order valence-corrected chi connectivity index (χ2v) is 9.00. The molecule has 9 nitrogen and oxygen atoms in total. The Morgan fingerprint density at radius 2 is 2.20 bits per heavy atom. The summed E-state index contributed by atoms with van der Waals surface area (Å²) in [7, 11) is 1.82. The molecule has 9 heteroatoms. The molecular formula is C21H30N6O3. The summed E-state index contributed by atoms with van der Waals surface area (Å²) in [5.41, 5.74) is 1.55. The molecule has 1 saturated carbocycles. The summed E-state index contributed by atoms with van der Waals surface area (Å²) in [5.74, 6) is 0.590. The van der Waals surface area contributed by atoms with Gasteiger partial charge < -0.3 is 15.0 Å². The highest BCUT2D eigenvalue weighted by molar-refractivity contribution is 5.91. The third-order valence-corrected chi connectivity index (χ3v) is 6.19. The van der Waals surface area contributed by atoms with E-state index in [1.54, 1.807) is 4.68 Å². The molecule has 2 aliphatic rings. The van der Waals surface area contributed by atoms with Crippen LogP contribution in [0.1, 0.15) is 63.3 Å². The Balaban J connectivity index is 1.28. The van der Waals surface area contributed by atoms with Crippen LogP contribution in [0.2, 0.25) is 0 Å². The Hall–Kier alpha value is -2.84. The van der Waals surface area contributed by atoms with E-state index in [4.69, 9.17) is 4.74 Å². The van der Waals surface area contributed by atoms with Gasteiger partial charge in [0, 0.05) is 43.0 Å². The molecule has 0 radical (unpaired) electrons. The number of hydrogen-bond acceptors (Lipinski definition) is 5. The van der Waals surface area contributed by atoms with E-state index in [-0.39, 0.29) is 36.0 Å². The highest BCUT2D eigenvalue weighted by Crippen LogP contribution is 2.37. The largest absolute Gasteiger partial charge is 0.446 e. The molecule has 1 aliphatic carbocycles. The number of amides is 2. The minimum Gasteiger partial charge on any atom is -0.446 e. The zero-order valence-electron chi connectivity index (χ0n) is 17.9. The zero-order chi connectivity index (χ0) is 21.3. The van der Waals surface area contributed by atoms with E-state index >= 15 is 0 Å². The van der Waals surface area contributed by atoms with Crippen molar-refractivity contribution in [2.75, 3.05) is 11.9 Å². The summed E-state index contributed by atoms with van der Waals surface area (Å²) in [6.07, 6.45) is 6.30. The maximum absolute atomic E-state index is 12.6. The monoisotopic (exact) mass is 414 g/mol. The van der Waals surface area contributed by atoms with Crippen LogP contribution in [-0.4, -0.2) is 55.1 Å². The number of rotatable bonds is 5. The fourth-order valence-electron chi connectivity index (χ4n) is 4.50. The van der Waals surface area contributed by atoms with E-state index in [0.717, 1.165) is 44.3 Å². The Kier molecular flexibility index (Phi) is 5.53. The lowest BCUT2D eigenvalue weighted by Gasteiger charge is -2.31. The minimum atomic E-state index is -0.199. The summed E-state index contributed by atoms with van der Waals surface area (Å²) < 4.78 is 7.47. The molecule has 2 N–H and O–H groups in total. The van der Waals surface area contributed by atoms with E-state index in [1.807, 2.05) is 30.3 Å². The number of anilines is 1. The second kappa shape index (κ2) is 8.12. The molecule has 2 fully saturated rings. The van der Waals surface area contributed by atoms with Crippen LogP contribution in [-0.2, 0) is 23.0 Å². The second-order valence-electron chi connectivity index (χ2n) is 9.00. The Bertz CT molecular complexity index is 917. The number of ether oxygens (including phenoxy) is 1. The van der Waals surface area contributed by atoms with Crippen molar-refractivity contribution in [2.45, 2.75) is 69.9 Å². The predicted molar refractivity (Wildman–Crippen MR) is 111 cm³/mol. The van der Waals surface area contributed by atoms with Gasteiger partial charge in [0.2, 0.25) is 5.91 Å². The fourth-order valence-corrected chi connectivity index (χ4v) is 4.50. The lowest BCUT2D eigenvalue weighted by atomic mass is 10.0. The molecule has 2 amide bonds. The molecule has 30 heavy (non-hydrogen) atoms. The molecule has 2 atom stereocenters. The average Bonchev–Trinajstić information content (AvgIpc) is 3.43. The van der Waals surface area contributed by atoms with Crippen molar-refractivity contribution >= 4 is 17.8 Å². The summed E-state index contributed by atoms with van der Waals surface area (Å²) in [6.45, 7) is 4.95. The van der Waals surface area contributed by atoms with Crippen LogP contribution in [0.5, 0.6) is 0 Å². The third kappa shape index (κ3) is 4.49. The number of likely N-dealkylation sites (tertiary alicyclic amines) is 1. The first kappa shape index (κ1) is 20.4. The summed E-state index contributed by atoms with van der Waals surface area (Å²) in [4.78, 5) is 26.6. The number of carbonyl (C=O) groups excluding carboxylic acids is 2. The van der Waals surface area contributed by atoms with E-state index in [0.29, 0.717) is 11.5 Å². The first-order chi connectivity index (χ1) is 14.3. The molecule has 4 rings (SSSR count). The van der Waals surface area contributed by atoms with Crippen LogP contribution in [0.4, 0.5) is 10.6 Å². The smallest absolute Gasteiger partial charge is 0.410 e. The van der Waals surface area contributed by atoms with Crippen LogP contribution in [0.15, 0.2) is 18.3 Å². The number of aromatic amines is 1. The number of carbonyl (C=O) groups is 2. The first-order valence-electron chi connectivity index (χ1n) is 10.6. The van der Waals surface area contributed by atoms with Gasteiger partial charge in [0.25, 0.3) is 0 Å². The van der Waals surface area contributed by atoms with Crippen molar-refractivity contribution < 1.29 is 14.3 Å². The van der Waals surface area contributed by atoms with Crippen LogP contribution < -0.4 is 5.32 Å². The molecule has 2 aromatic rings. The van der Waals surface area contributed by atoms with Crippen LogP contribution in [0.3, 0.4) is 0 Å². The van der Waals surface area contributed by atoms with Crippen molar-refractivity contribution in [1.82, 2.24) is 24.9 Å². The SMILES string of the molecule is Cn1ccc(CC(=O)Nc2cc(C3CCC(OC(=O)N4CCCC4(C)C)C3)[nH]n2)n1. The highest BCUT2D eigenvalue weighted by Gasteiger charge is 2.38. The first-order valence-corrected chi connectivity index (χ1v) is 10.6. The zero-order valence-corrected chi connectivity index (χ0v) is 17.9. The Labute approximate surface area is 176 Å². The minimum absolute atomic E-state index is 0.0793. The molecule has 1 saturated heterocycles. The molecule has 0 spiro atoms. The molecule has 1 aliphatic heterocycles. The van der Waals surface area contributed by atoms with E-state index in [1.165, 1.54) is 0 Å². The van der Waals surface area contributed by atoms with Gasteiger partial charge >= 0.3 is 6.09 Å². The topological polar surface area (TPSA) is 105 Å². The number of aromatic nitrogens is 4. The van der Waals surface area contributed by atoms with Gasteiger partial charge in [0.1, 0.15) is 6.10 Å². The van der Waals surface area contributed by atoms with Crippen molar-refractivity contribution in [1.29, 1.82) is 0 Å². The predicted octanol–water partition coefficient (Wildman–Crippen LogP) is 2.97. The van der Waals surface area contributed by atoms with Crippen LogP contribution in [0.25, 0.3) is 0 Å². The van der Waals surface area contributed by atoms with Gasteiger partial charge in [-0.3, -0.25) is 14.6 Å². The van der Waals surface area contributed by atoms with E-state index in [9.17, 15) is 9.59 Å². The number of H-pyrrole nitrogens is 1. The summed E-state index contributed by atoms with van der Waals surface area (Å²) in [5, 5.41) is 14.3. The van der Waals surface area contributed by atoms with Crippen molar-refractivity contribution in [3.63, 3.8) is 0 Å². The summed E-state index contributed by atoms with van der Waals surface area (Å²) >= 11 is 0. The number of nitrogens with zero attached hydrogens (tertiary/aromatic N) is 4. The van der Waals surface area contributed by atoms with Gasteiger partial charge in [-0.1, -0.05) is 0 Å². The maximum atomic E-state index is 12.6. The van der Waals surface area contributed by atoms with Gasteiger partial charge in [-0.2, -0.15) is 10.2 Å². The third-order valence-electron chi connectivity index (χ3n) is 6.19. The van der Waals surface area contributed by atoms with Gasteiger partial charge in [-0.25, -0.2) is 4.79 Å². The van der Waals surface area contributed by atoms with Crippen LogP contribution in [0, 0.1) is 0 Å². The standard InChI is InChI=1S/C21H30N6O3/c1-21(2)8-4-9-27(21)20(29)30-16-6-5-14(11-16)17-13-18(24-23-17)22-19(28)12-15-7-10-26(3)25-15/h7,10,13-14,16H,4-6,8-9,11-12H2,1-3H3,(H2,22,23,24,28). The molecule has 2 aromatic heterocycles. The van der Waals surface area contributed by atoms with Gasteiger partial charge in [-0.05, 0) is 52.0 Å². The summed E-state index contributed by atoms with van der Waals surface area (Å²) in [6, 6.07) is 3.69. The quantitative estimate of drug-likeness (QED) is 0.783. The molecule has 3 heterocycles. The van der Waals surface area contributed by atoms with Crippen LogP contribution >= 0.6 is 0 Å². The maximum Gasteiger partial charge on any atom is 0.410 e. The van der Waals surface area contributed by atoms with Crippen molar-refractivity contribution in [3.8, 4) is 0 Å². The molecular weight excluding hydrogens is 384 g/mol. The molecule has 162 valence electrons. The number of aryl methyl sites for hydroxylation is 1. The lowest BCUT2D eigenvalue weighted by Crippen LogP contribution is -2.43.